The molecule has 0 radical (unpaired) electrons. The second kappa shape index (κ2) is 5.41. The predicted molar refractivity (Wildman–Crippen MR) is 41.7 cm³/mol. The Labute approximate surface area is 70.2 Å². The maximum absolute atomic E-state index is 10.7. The molecule has 5 heteroatoms. The molecule has 11 heavy (non-hydrogen) atoms. The van der Waals surface area contributed by atoms with Crippen LogP contribution in [0.3, 0.4) is 0 Å². The monoisotopic (exact) mass is 227 g/mol. The first-order chi connectivity index (χ1) is 5.07. The quantitative estimate of drug-likeness (QED) is 0.538. The summed E-state index contributed by atoms with van der Waals surface area (Å²) in [6.45, 7) is 0. The van der Waals surface area contributed by atoms with Gasteiger partial charge < -0.3 is 0 Å². The second-order valence-electron chi connectivity index (χ2n) is 2.20. The van der Waals surface area contributed by atoms with Gasteiger partial charge in [0, 0.05) is 0 Å². The Morgan fingerprint density at radius 3 is 2.64 bits per heavy atom. The van der Waals surface area contributed by atoms with Crippen LogP contribution >= 0.6 is 0 Å². The van der Waals surface area contributed by atoms with Gasteiger partial charge in [-0.05, 0) is 0 Å². The van der Waals surface area contributed by atoms with Gasteiger partial charge >= 0.3 is 69.6 Å². The molecule has 4 nitrogen and oxygen atoms in total. The summed E-state index contributed by atoms with van der Waals surface area (Å²) in [5.41, 5.74) is 5.38. The molecule has 0 heterocycles. The van der Waals surface area contributed by atoms with E-state index in [0.29, 0.717) is 11.7 Å². The minimum atomic E-state index is -1.70. The Bertz CT molecular complexity index is 160. The first kappa shape index (κ1) is 10.7. The fraction of sp³-hybridized carbons (Fsp3) is 0.833. The molecule has 0 rings (SSSR count). The van der Waals surface area contributed by atoms with Crippen molar-refractivity contribution in [1.29, 1.82) is 0 Å². The van der Waals surface area contributed by atoms with Gasteiger partial charge in [0.05, 0.1) is 0 Å². The van der Waals surface area contributed by atoms with Crippen molar-refractivity contribution in [3.05, 3.63) is 0 Å². The van der Waals surface area contributed by atoms with E-state index in [1.165, 1.54) is 7.11 Å². The molecule has 0 fully saturated rings. The third-order valence-electron chi connectivity index (χ3n) is 1.22. The molecule has 2 atom stereocenters. The summed E-state index contributed by atoms with van der Waals surface area (Å²) in [7, 11) is 1.29. The average molecular weight is 226 g/mol. The second-order valence-corrected chi connectivity index (χ2v) is 5.46. The first-order valence-electron chi connectivity index (χ1n) is 3.21. The van der Waals surface area contributed by atoms with Crippen molar-refractivity contribution in [2.75, 3.05) is 7.11 Å². The van der Waals surface area contributed by atoms with Gasteiger partial charge in [-0.15, -0.1) is 0 Å². The number of hydrogen-bond donors (Lipinski definition) is 1. The van der Waals surface area contributed by atoms with Gasteiger partial charge in [0.25, 0.3) is 0 Å². The summed E-state index contributed by atoms with van der Waals surface area (Å²) in [6.07, 6.45) is 0.456. The fourth-order valence-corrected chi connectivity index (χ4v) is 1.79. The van der Waals surface area contributed by atoms with Gasteiger partial charge in [-0.3, -0.25) is 0 Å². The normalized spacial score (nSPS) is 15.5. The Morgan fingerprint density at radius 1 is 1.73 bits per heavy atom. The van der Waals surface area contributed by atoms with E-state index in [4.69, 9.17) is 5.73 Å². The zero-order valence-corrected chi connectivity index (χ0v) is 8.41. The van der Waals surface area contributed by atoms with E-state index in [0.717, 1.165) is 0 Å². The van der Waals surface area contributed by atoms with Crippen LogP contribution in [-0.4, -0.2) is 33.0 Å². The van der Waals surface area contributed by atoms with Gasteiger partial charge in [-0.2, -0.15) is 0 Å². The van der Waals surface area contributed by atoms with Crippen LogP contribution in [0.15, 0.2) is 0 Å². The number of hydrogen-bond acceptors (Lipinski definition) is 4. The number of rotatable bonds is 4. The van der Waals surface area contributed by atoms with Crippen LogP contribution in [0.5, 0.6) is 0 Å². The number of carbonyl (C=O) groups is 1. The van der Waals surface area contributed by atoms with Crippen LogP contribution in [0.1, 0.15) is 6.42 Å². The molecular weight excluding hydrogens is 213 g/mol. The number of esters is 1. The van der Waals surface area contributed by atoms with E-state index < -0.39 is 25.8 Å². The number of nitrogens with two attached hydrogens (primary N) is 1. The van der Waals surface area contributed by atoms with Crippen molar-refractivity contribution >= 4 is 19.8 Å². The van der Waals surface area contributed by atoms with Crippen LogP contribution in [0, 0.1) is 0 Å². The van der Waals surface area contributed by atoms with Crippen molar-refractivity contribution in [3.63, 3.8) is 0 Å². The molecule has 0 spiro atoms. The van der Waals surface area contributed by atoms with E-state index in [1.807, 2.05) is 0 Å². The van der Waals surface area contributed by atoms with Crippen molar-refractivity contribution in [2.24, 2.45) is 5.73 Å². The minimum absolute atomic E-state index is 0.433. The number of ether oxygens (including phenoxy) is 1. The van der Waals surface area contributed by atoms with Gasteiger partial charge in [0.1, 0.15) is 0 Å². The van der Waals surface area contributed by atoms with Crippen molar-refractivity contribution < 1.29 is 13.4 Å². The fourth-order valence-electron chi connectivity index (χ4n) is 0.562. The summed E-state index contributed by atoms with van der Waals surface area (Å²) < 4.78 is 15.1. The van der Waals surface area contributed by atoms with Crippen LogP contribution in [0.4, 0.5) is 0 Å². The standard InChI is InChI=1S/C6H13NO3Se/c1-10-6(8)5(7)3-4-11(2)9/h5H,3-4,7H2,1-2H3. The molecule has 0 aliphatic heterocycles. The number of methoxy groups -OCH3 is 1. The zero-order chi connectivity index (χ0) is 8.85. The van der Waals surface area contributed by atoms with Gasteiger partial charge in [0.2, 0.25) is 0 Å². The summed E-state index contributed by atoms with van der Waals surface area (Å²) >= 11 is -1.70. The van der Waals surface area contributed by atoms with Crippen LogP contribution in [-0.2, 0) is 13.4 Å². The molecule has 0 saturated carbocycles. The van der Waals surface area contributed by atoms with Gasteiger partial charge in [-0.1, -0.05) is 0 Å². The summed E-state index contributed by atoms with van der Waals surface area (Å²) in [5.74, 6) is 1.24. The third kappa shape index (κ3) is 5.07. The van der Waals surface area contributed by atoms with Crippen LogP contribution in [0.25, 0.3) is 0 Å². The molecule has 66 valence electrons. The Balaban J connectivity index is 3.60. The molecule has 0 amide bonds. The van der Waals surface area contributed by atoms with Crippen molar-refractivity contribution in [2.45, 2.75) is 23.6 Å². The van der Waals surface area contributed by atoms with Crippen LogP contribution in [0.2, 0.25) is 11.1 Å². The molecule has 0 aliphatic rings. The topological polar surface area (TPSA) is 69.4 Å². The molecule has 2 unspecified atom stereocenters. The van der Waals surface area contributed by atoms with Crippen molar-refractivity contribution in [1.82, 2.24) is 0 Å². The summed E-state index contributed by atoms with van der Waals surface area (Å²) in [6, 6.07) is -0.611. The predicted octanol–water partition coefficient (Wildman–Crippen LogP) is -0.0714. The van der Waals surface area contributed by atoms with E-state index in [-0.39, 0.29) is 0 Å². The molecule has 0 aromatic heterocycles. The van der Waals surface area contributed by atoms with E-state index in [1.54, 1.807) is 5.82 Å². The summed E-state index contributed by atoms with van der Waals surface area (Å²) in [5, 5.41) is 0.538. The third-order valence-corrected chi connectivity index (χ3v) is 2.92. The Morgan fingerprint density at radius 2 is 2.27 bits per heavy atom. The molecule has 0 bridgehead atoms. The zero-order valence-electron chi connectivity index (χ0n) is 6.70. The van der Waals surface area contributed by atoms with E-state index >= 15 is 0 Å². The Kier molecular flexibility index (Phi) is 5.28. The SMILES string of the molecule is COC(=O)C(N)CC[Se](C)=O. The molecule has 0 saturated heterocycles. The Hall–Kier alpha value is -0.251. The van der Waals surface area contributed by atoms with Gasteiger partial charge in [0.15, 0.2) is 0 Å². The van der Waals surface area contributed by atoms with Gasteiger partial charge in [-0.25, -0.2) is 0 Å². The molecular formula is C6H13NO3Se. The number of carbonyl (C=O) groups excluding carboxylic acids is 1. The van der Waals surface area contributed by atoms with E-state index in [9.17, 15) is 8.63 Å². The molecule has 0 aromatic carbocycles. The molecule has 0 aliphatic carbocycles. The first-order valence-corrected chi connectivity index (χ1v) is 6.83. The van der Waals surface area contributed by atoms with Crippen molar-refractivity contribution in [3.8, 4) is 0 Å². The molecule has 2 N–H and O–H groups in total. The van der Waals surface area contributed by atoms with Crippen LogP contribution < -0.4 is 5.73 Å². The molecule has 0 aromatic rings. The average Bonchev–Trinajstić information content (AvgIpc) is 1.98. The maximum atomic E-state index is 10.7. The summed E-state index contributed by atoms with van der Waals surface area (Å²) in [4.78, 5) is 10.7. The van der Waals surface area contributed by atoms with E-state index in [2.05, 4.69) is 4.74 Å².